The molecule has 0 bridgehead atoms. The van der Waals surface area contributed by atoms with Gasteiger partial charge in [-0.15, -0.1) is 0 Å². The second-order valence-corrected chi connectivity index (χ2v) is 3.41. The second kappa shape index (κ2) is 3.29. The summed E-state index contributed by atoms with van der Waals surface area (Å²) in [7, 11) is 0. The molecule has 0 aliphatic heterocycles. The first-order valence-electron chi connectivity index (χ1n) is 4.48. The lowest BCUT2D eigenvalue weighted by molar-refractivity contribution is 0.587. The summed E-state index contributed by atoms with van der Waals surface area (Å²) in [6.07, 6.45) is 4.54. The number of nitrogens with one attached hydrogen (secondary N) is 2. The van der Waals surface area contributed by atoms with Gasteiger partial charge in [0.2, 0.25) is 0 Å². The fraction of sp³-hybridized carbons (Fsp3) is 0.556. The van der Waals surface area contributed by atoms with Gasteiger partial charge < -0.3 is 16.0 Å². The summed E-state index contributed by atoms with van der Waals surface area (Å²) >= 11 is 0. The number of hydrogen-bond acceptors (Lipinski definition) is 2. The van der Waals surface area contributed by atoms with E-state index in [9.17, 15) is 0 Å². The molecule has 1 aromatic heterocycles. The number of aromatic amines is 1. The standard InChI is InChI=1S/C9H15N3/c10-8(6-12-7-3-4-7)9-2-1-5-11-9/h1-2,5,7-8,11-12H,3-4,6,10H2. The highest BCUT2D eigenvalue weighted by molar-refractivity contribution is 5.09. The van der Waals surface area contributed by atoms with Gasteiger partial charge in [0.15, 0.2) is 0 Å². The maximum Gasteiger partial charge on any atom is 0.0574 e. The summed E-state index contributed by atoms with van der Waals surface area (Å²) < 4.78 is 0. The molecule has 1 saturated carbocycles. The van der Waals surface area contributed by atoms with Crippen molar-refractivity contribution in [2.75, 3.05) is 6.54 Å². The molecular formula is C9H15N3. The minimum Gasteiger partial charge on any atom is -0.364 e. The van der Waals surface area contributed by atoms with Crippen LogP contribution in [0.5, 0.6) is 0 Å². The van der Waals surface area contributed by atoms with E-state index in [0.717, 1.165) is 18.3 Å². The van der Waals surface area contributed by atoms with Crippen molar-refractivity contribution in [2.45, 2.75) is 24.9 Å². The fourth-order valence-electron chi connectivity index (χ4n) is 1.27. The summed E-state index contributed by atoms with van der Waals surface area (Å²) in [5.41, 5.74) is 7.04. The van der Waals surface area contributed by atoms with Gasteiger partial charge in [0.05, 0.1) is 6.04 Å². The third-order valence-corrected chi connectivity index (χ3v) is 2.23. The Morgan fingerprint density at radius 1 is 1.67 bits per heavy atom. The van der Waals surface area contributed by atoms with E-state index in [1.54, 1.807) is 0 Å². The first-order chi connectivity index (χ1) is 5.86. The van der Waals surface area contributed by atoms with Crippen LogP contribution in [-0.4, -0.2) is 17.6 Å². The molecule has 4 N–H and O–H groups in total. The van der Waals surface area contributed by atoms with E-state index in [0.29, 0.717) is 0 Å². The summed E-state index contributed by atoms with van der Waals surface area (Å²) in [4.78, 5) is 3.12. The van der Waals surface area contributed by atoms with Crippen molar-refractivity contribution in [3.05, 3.63) is 24.0 Å². The zero-order chi connectivity index (χ0) is 8.39. The highest BCUT2D eigenvalue weighted by Crippen LogP contribution is 2.19. The van der Waals surface area contributed by atoms with Gasteiger partial charge in [-0.2, -0.15) is 0 Å². The van der Waals surface area contributed by atoms with Gasteiger partial charge in [0, 0.05) is 24.5 Å². The molecule has 1 aliphatic carbocycles. The highest BCUT2D eigenvalue weighted by atomic mass is 15.0. The molecule has 2 rings (SSSR count). The Labute approximate surface area is 72.3 Å². The lowest BCUT2D eigenvalue weighted by Crippen LogP contribution is -2.28. The van der Waals surface area contributed by atoms with E-state index in [1.807, 2.05) is 18.3 Å². The van der Waals surface area contributed by atoms with Gasteiger partial charge in [-0.05, 0) is 25.0 Å². The van der Waals surface area contributed by atoms with Crippen LogP contribution in [0.1, 0.15) is 24.6 Å². The van der Waals surface area contributed by atoms with Crippen LogP contribution >= 0.6 is 0 Å². The Kier molecular flexibility index (Phi) is 2.15. The third-order valence-electron chi connectivity index (χ3n) is 2.23. The molecule has 1 fully saturated rings. The minimum absolute atomic E-state index is 0.112. The molecule has 1 unspecified atom stereocenters. The predicted molar refractivity (Wildman–Crippen MR) is 48.7 cm³/mol. The summed E-state index contributed by atoms with van der Waals surface area (Å²) in [5, 5.41) is 3.40. The minimum atomic E-state index is 0.112. The number of aromatic nitrogens is 1. The Morgan fingerprint density at radius 2 is 2.50 bits per heavy atom. The van der Waals surface area contributed by atoms with Crippen LogP contribution in [0.3, 0.4) is 0 Å². The molecule has 12 heavy (non-hydrogen) atoms. The molecule has 66 valence electrons. The van der Waals surface area contributed by atoms with Gasteiger partial charge in [-0.1, -0.05) is 0 Å². The summed E-state index contributed by atoms with van der Waals surface area (Å²) in [6, 6.07) is 4.86. The highest BCUT2D eigenvalue weighted by Gasteiger charge is 2.21. The third kappa shape index (κ3) is 1.87. The van der Waals surface area contributed by atoms with E-state index in [1.165, 1.54) is 12.8 Å². The molecule has 0 radical (unpaired) electrons. The van der Waals surface area contributed by atoms with Crippen molar-refractivity contribution in [1.82, 2.24) is 10.3 Å². The first-order valence-corrected chi connectivity index (χ1v) is 4.48. The van der Waals surface area contributed by atoms with E-state index < -0.39 is 0 Å². The smallest absolute Gasteiger partial charge is 0.0574 e. The average molecular weight is 165 g/mol. The lowest BCUT2D eigenvalue weighted by atomic mass is 10.2. The van der Waals surface area contributed by atoms with Crippen LogP contribution in [0.4, 0.5) is 0 Å². The molecular weight excluding hydrogens is 150 g/mol. The summed E-state index contributed by atoms with van der Waals surface area (Å²) in [5.74, 6) is 0. The monoisotopic (exact) mass is 165 g/mol. The molecule has 1 aliphatic rings. The van der Waals surface area contributed by atoms with E-state index >= 15 is 0 Å². The molecule has 3 nitrogen and oxygen atoms in total. The lowest BCUT2D eigenvalue weighted by Gasteiger charge is -2.10. The maximum atomic E-state index is 5.92. The van der Waals surface area contributed by atoms with Crippen molar-refractivity contribution in [3.63, 3.8) is 0 Å². The van der Waals surface area contributed by atoms with E-state index in [4.69, 9.17) is 5.73 Å². The van der Waals surface area contributed by atoms with Gasteiger partial charge >= 0.3 is 0 Å². The molecule has 0 spiro atoms. The SMILES string of the molecule is NC(CNC1CC1)c1ccc[nH]1. The maximum absolute atomic E-state index is 5.92. The normalized spacial score (nSPS) is 19.4. The number of hydrogen-bond donors (Lipinski definition) is 3. The topological polar surface area (TPSA) is 53.8 Å². The largest absolute Gasteiger partial charge is 0.364 e. The second-order valence-electron chi connectivity index (χ2n) is 3.41. The Hall–Kier alpha value is -0.800. The van der Waals surface area contributed by atoms with E-state index in [2.05, 4.69) is 10.3 Å². The van der Waals surface area contributed by atoms with Gasteiger partial charge in [0.25, 0.3) is 0 Å². The Balaban J connectivity index is 1.79. The Morgan fingerprint density at radius 3 is 3.08 bits per heavy atom. The number of nitrogens with two attached hydrogens (primary N) is 1. The van der Waals surface area contributed by atoms with Crippen LogP contribution in [0.25, 0.3) is 0 Å². The number of H-pyrrole nitrogens is 1. The van der Waals surface area contributed by atoms with E-state index in [-0.39, 0.29) is 6.04 Å². The van der Waals surface area contributed by atoms with Crippen molar-refractivity contribution in [2.24, 2.45) is 5.73 Å². The average Bonchev–Trinajstić information content (AvgIpc) is 2.74. The van der Waals surface area contributed by atoms with Crippen LogP contribution in [0, 0.1) is 0 Å². The predicted octanol–water partition coefficient (Wildman–Crippen LogP) is 0.766. The van der Waals surface area contributed by atoms with Crippen molar-refractivity contribution >= 4 is 0 Å². The van der Waals surface area contributed by atoms with Crippen LogP contribution < -0.4 is 11.1 Å². The summed E-state index contributed by atoms with van der Waals surface area (Å²) in [6.45, 7) is 0.880. The molecule has 1 aromatic rings. The van der Waals surface area contributed by atoms with Gasteiger partial charge in [0.1, 0.15) is 0 Å². The fourth-order valence-corrected chi connectivity index (χ4v) is 1.27. The van der Waals surface area contributed by atoms with Crippen molar-refractivity contribution < 1.29 is 0 Å². The van der Waals surface area contributed by atoms with Gasteiger partial charge in [-0.3, -0.25) is 0 Å². The first kappa shape index (κ1) is 7.83. The van der Waals surface area contributed by atoms with Crippen LogP contribution in [0.15, 0.2) is 18.3 Å². The molecule has 0 saturated heterocycles. The molecule has 1 atom stereocenters. The molecule has 0 aromatic carbocycles. The quantitative estimate of drug-likeness (QED) is 0.617. The number of rotatable bonds is 4. The molecule has 3 heteroatoms. The van der Waals surface area contributed by atoms with Gasteiger partial charge in [-0.25, -0.2) is 0 Å². The van der Waals surface area contributed by atoms with Crippen LogP contribution in [0.2, 0.25) is 0 Å². The molecule has 1 heterocycles. The molecule has 0 amide bonds. The van der Waals surface area contributed by atoms with Crippen molar-refractivity contribution in [1.29, 1.82) is 0 Å². The Bertz CT molecular complexity index is 226. The zero-order valence-electron chi connectivity index (χ0n) is 7.09. The zero-order valence-corrected chi connectivity index (χ0v) is 7.09. The van der Waals surface area contributed by atoms with Crippen molar-refractivity contribution in [3.8, 4) is 0 Å². The van der Waals surface area contributed by atoms with Crippen LogP contribution in [-0.2, 0) is 0 Å².